The van der Waals surface area contributed by atoms with Crippen LogP contribution in [0, 0.1) is 0 Å². The molecule has 126 valence electrons. The standard InChI is InChI=1S/C18H30O4/c1-17(2,3)13-7-8-14(21-11-9-19)16(22-12-10-20)15(13)18(4,5)6/h7-8,19-20H,9-12H2,1-6H3. The van der Waals surface area contributed by atoms with E-state index < -0.39 is 0 Å². The zero-order valence-corrected chi connectivity index (χ0v) is 14.7. The number of hydrogen-bond acceptors (Lipinski definition) is 4. The highest BCUT2D eigenvalue weighted by atomic mass is 16.5. The highest BCUT2D eigenvalue weighted by Crippen LogP contribution is 2.44. The summed E-state index contributed by atoms with van der Waals surface area (Å²) in [4.78, 5) is 0. The molecule has 4 heteroatoms. The zero-order valence-electron chi connectivity index (χ0n) is 14.7. The first-order chi connectivity index (χ1) is 10.1. The van der Waals surface area contributed by atoms with Gasteiger partial charge in [0.2, 0.25) is 0 Å². The Morgan fingerprint density at radius 2 is 1.36 bits per heavy atom. The fourth-order valence-corrected chi connectivity index (χ4v) is 2.49. The second kappa shape index (κ2) is 7.34. The molecule has 0 amide bonds. The van der Waals surface area contributed by atoms with Crippen LogP contribution in [0.1, 0.15) is 52.7 Å². The fourth-order valence-electron chi connectivity index (χ4n) is 2.49. The molecule has 0 spiro atoms. The summed E-state index contributed by atoms with van der Waals surface area (Å²) in [5.41, 5.74) is 2.12. The van der Waals surface area contributed by atoms with Crippen LogP contribution in [-0.2, 0) is 10.8 Å². The van der Waals surface area contributed by atoms with Crippen molar-refractivity contribution in [3.8, 4) is 11.5 Å². The first-order valence-corrected chi connectivity index (χ1v) is 7.78. The van der Waals surface area contributed by atoms with Gasteiger partial charge in [-0.05, 0) is 22.5 Å². The van der Waals surface area contributed by atoms with Crippen molar-refractivity contribution in [2.45, 2.75) is 52.4 Å². The maximum absolute atomic E-state index is 9.11. The maximum atomic E-state index is 9.11. The normalized spacial score (nSPS) is 12.4. The van der Waals surface area contributed by atoms with Crippen LogP contribution in [0.3, 0.4) is 0 Å². The van der Waals surface area contributed by atoms with Crippen LogP contribution in [0.15, 0.2) is 12.1 Å². The molecular weight excluding hydrogens is 280 g/mol. The Labute approximate surface area is 134 Å². The lowest BCUT2D eigenvalue weighted by atomic mass is 9.74. The fraction of sp³-hybridized carbons (Fsp3) is 0.667. The van der Waals surface area contributed by atoms with Crippen molar-refractivity contribution in [3.63, 3.8) is 0 Å². The lowest BCUT2D eigenvalue weighted by molar-refractivity contribution is 0.176. The predicted molar refractivity (Wildman–Crippen MR) is 89.0 cm³/mol. The average Bonchev–Trinajstić information content (AvgIpc) is 2.40. The number of aliphatic hydroxyl groups is 2. The molecule has 0 aromatic heterocycles. The van der Waals surface area contributed by atoms with E-state index in [1.807, 2.05) is 6.07 Å². The summed E-state index contributed by atoms with van der Waals surface area (Å²) in [6, 6.07) is 3.96. The van der Waals surface area contributed by atoms with Crippen LogP contribution in [0.25, 0.3) is 0 Å². The number of rotatable bonds is 6. The molecule has 1 rings (SSSR count). The first kappa shape index (κ1) is 18.8. The topological polar surface area (TPSA) is 58.9 Å². The molecule has 1 aromatic rings. The molecule has 0 heterocycles. The van der Waals surface area contributed by atoms with Crippen molar-refractivity contribution in [3.05, 3.63) is 23.3 Å². The van der Waals surface area contributed by atoms with Gasteiger partial charge in [-0.2, -0.15) is 0 Å². The predicted octanol–water partition coefficient (Wildman–Crippen LogP) is 3.02. The number of ether oxygens (including phenoxy) is 2. The summed E-state index contributed by atoms with van der Waals surface area (Å²) in [5, 5.41) is 18.1. The van der Waals surface area contributed by atoms with Crippen LogP contribution < -0.4 is 9.47 Å². The van der Waals surface area contributed by atoms with Crippen molar-refractivity contribution in [1.29, 1.82) is 0 Å². The van der Waals surface area contributed by atoms with E-state index in [9.17, 15) is 0 Å². The minimum Gasteiger partial charge on any atom is -0.487 e. The molecule has 0 aliphatic rings. The lowest BCUT2D eigenvalue weighted by Crippen LogP contribution is -2.24. The second-order valence-corrected chi connectivity index (χ2v) is 7.46. The Balaban J connectivity index is 3.51. The molecule has 0 aliphatic carbocycles. The van der Waals surface area contributed by atoms with Crippen LogP contribution in [-0.4, -0.2) is 36.6 Å². The van der Waals surface area contributed by atoms with Gasteiger partial charge in [-0.3, -0.25) is 0 Å². The van der Waals surface area contributed by atoms with Gasteiger partial charge in [-0.15, -0.1) is 0 Å². The van der Waals surface area contributed by atoms with Crippen LogP contribution in [0.4, 0.5) is 0 Å². The highest BCUT2D eigenvalue weighted by Gasteiger charge is 2.30. The molecule has 2 N–H and O–H groups in total. The molecule has 0 saturated heterocycles. The molecule has 4 nitrogen and oxygen atoms in total. The van der Waals surface area contributed by atoms with Gasteiger partial charge < -0.3 is 19.7 Å². The Hall–Kier alpha value is -1.26. The van der Waals surface area contributed by atoms with Crippen molar-refractivity contribution in [2.75, 3.05) is 26.4 Å². The number of benzene rings is 1. The van der Waals surface area contributed by atoms with E-state index in [1.165, 1.54) is 5.56 Å². The first-order valence-electron chi connectivity index (χ1n) is 7.78. The van der Waals surface area contributed by atoms with Gasteiger partial charge in [0.1, 0.15) is 13.2 Å². The monoisotopic (exact) mass is 310 g/mol. The summed E-state index contributed by atoms with van der Waals surface area (Å²) in [7, 11) is 0. The average molecular weight is 310 g/mol. The quantitative estimate of drug-likeness (QED) is 0.848. The van der Waals surface area contributed by atoms with Gasteiger partial charge >= 0.3 is 0 Å². The Morgan fingerprint density at radius 1 is 0.818 bits per heavy atom. The third-order valence-electron chi connectivity index (χ3n) is 3.37. The smallest absolute Gasteiger partial charge is 0.165 e. The Bertz CT molecular complexity index is 481. The zero-order chi connectivity index (χ0) is 17.0. The molecular formula is C18H30O4. The van der Waals surface area contributed by atoms with E-state index >= 15 is 0 Å². The van der Waals surface area contributed by atoms with Crippen LogP contribution >= 0.6 is 0 Å². The Morgan fingerprint density at radius 3 is 1.82 bits per heavy atom. The minimum atomic E-state index is -0.133. The summed E-state index contributed by atoms with van der Waals surface area (Å²) >= 11 is 0. The van der Waals surface area contributed by atoms with Crippen molar-refractivity contribution in [1.82, 2.24) is 0 Å². The van der Waals surface area contributed by atoms with E-state index in [0.29, 0.717) is 11.5 Å². The maximum Gasteiger partial charge on any atom is 0.165 e. The molecule has 0 aliphatic heterocycles. The van der Waals surface area contributed by atoms with E-state index in [0.717, 1.165) is 5.56 Å². The van der Waals surface area contributed by atoms with Gasteiger partial charge in [0.05, 0.1) is 13.2 Å². The van der Waals surface area contributed by atoms with Gasteiger partial charge in [0.25, 0.3) is 0 Å². The van der Waals surface area contributed by atoms with E-state index in [1.54, 1.807) is 0 Å². The van der Waals surface area contributed by atoms with Crippen LogP contribution in [0.5, 0.6) is 11.5 Å². The summed E-state index contributed by atoms with van der Waals surface area (Å²) < 4.78 is 11.5. The van der Waals surface area contributed by atoms with E-state index in [2.05, 4.69) is 47.6 Å². The van der Waals surface area contributed by atoms with Crippen molar-refractivity contribution in [2.24, 2.45) is 0 Å². The van der Waals surface area contributed by atoms with Crippen molar-refractivity contribution >= 4 is 0 Å². The number of hydrogen-bond donors (Lipinski definition) is 2. The van der Waals surface area contributed by atoms with E-state index in [-0.39, 0.29) is 37.3 Å². The molecule has 0 unspecified atom stereocenters. The van der Waals surface area contributed by atoms with Gasteiger partial charge in [-0.25, -0.2) is 0 Å². The minimum absolute atomic E-state index is 0.0323. The Kier molecular flexibility index (Phi) is 6.27. The second-order valence-electron chi connectivity index (χ2n) is 7.46. The molecule has 0 saturated carbocycles. The van der Waals surface area contributed by atoms with Crippen LogP contribution in [0.2, 0.25) is 0 Å². The third kappa shape index (κ3) is 4.62. The SMILES string of the molecule is CC(C)(C)c1ccc(OCCO)c(OCCO)c1C(C)(C)C. The molecule has 0 bridgehead atoms. The molecule has 0 radical (unpaired) electrons. The molecule has 22 heavy (non-hydrogen) atoms. The molecule has 1 aromatic carbocycles. The molecule has 0 fully saturated rings. The van der Waals surface area contributed by atoms with Crippen molar-refractivity contribution < 1.29 is 19.7 Å². The largest absolute Gasteiger partial charge is 0.487 e. The van der Waals surface area contributed by atoms with Gasteiger partial charge in [-0.1, -0.05) is 47.6 Å². The summed E-state index contributed by atoms with van der Waals surface area (Å²) in [5.74, 6) is 1.28. The number of aliphatic hydroxyl groups excluding tert-OH is 2. The van der Waals surface area contributed by atoms with E-state index in [4.69, 9.17) is 19.7 Å². The highest BCUT2D eigenvalue weighted by molar-refractivity contribution is 5.55. The summed E-state index contributed by atoms with van der Waals surface area (Å²) in [6.45, 7) is 13.2. The van der Waals surface area contributed by atoms with Gasteiger partial charge in [0, 0.05) is 5.56 Å². The molecule has 0 atom stereocenters. The summed E-state index contributed by atoms with van der Waals surface area (Å²) in [6.07, 6.45) is 0. The third-order valence-corrected chi connectivity index (χ3v) is 3.37. The van der Waals surface area contributed by atoms with Gasteiger partial charge in [0.15, 0.2) is 11.5 Å². The lowest BCUT2D eigenvalue weighted by Gasteiger charge is -2.32.